The normalized spacial score (nSPS) is 23.1. The number of hydrogen-bond acceptors (Lipinski definition) is 3. The molecule has 0 spiro atoms. The molecule has 0 radical (unpaired) electrons. The van der Waals surface area contributed by atoms with Crippen LogP contribution in [0.5, 0.6) is 0 Å². The zero-order valence-corrected chi connectivity index (χ0v) is 15.2. The van der Waals surface area contributed by atoms with E-state index in [-0.39, 0.29) is 0 Å². The minimum atomic E-state index is 0.417. The fraction of sp³-hybridized carbons (Fsp3) is 0.524. The maximum Gasteiger partial charge on any atom is 0.0668 e. The third kappa shape index (κ3) is 3.60. The second-order valence-electron chi connectivity index (χ2n) is 7.36. The third-order valence-electron chi connectivity index (χ3n) is 5.98. The number of benzene rings is 1. The van der Waals surface area contributed by atoms with Crippen molar-refractivity contribution in [2.75, 3.05) is 44.2 Å². The van der Waals surface area contributed by atoms with E-state index < -0.39 is 0 Å². The highest BCUT2D eigenvalue weighted by Crippen LogP contribution is 2.31. The quantitative estimate of drug-likeness (QED) is 0.897. The number of piperidine rings is 1. The summed E-state index contributed by atoms with van der Waals surface area (Å²) in [6.07, 6.45) is 6.72. The van der Waals surface area contributed by atoms with Gasteiger partial charge in [-0.15, -0.1) is 0 Å². The summed E-state index contributed by atoms with van der Waals surface area (Å²) in [5.41, 5.74) is 4.24. The number of nitrogens with one attached hydrogen (secondary N) is 2. The molecular weight excluding hydrogens is 308 g/mol. The Morgan fingerprint density at radius 1 is 1.00 bits per heavy atom. The molecule has 0 aliphatic carbocycles. The maximum atomic E-state index is 3.56. The molecule has 1 aromatic carbocycles. The van der Waals surface area contributed by atoms with Crippen LogP contribution < -0.4 is 10.2 Å². The molecule has 0 bridgehead atoms. The highest BCUT2D eigenvalue weighted by molar-refractivity contribution is 5.48. The molecule has 1 atom stereocenters. The molecule has 2 aliphatic rings. The largest absolute Gasteiger partial charge is 0.366 e. The predicted molar refractivity (Wildman–Crippen MR) is 104 cm³/mol. The van der Waals surface area contributed by atoms with Crippen molar-refractivity contribution >= 4 is 5.69 Å². The highest BCUT2D eigenvalue weighted by atomic mass is 15.2. The van der Waals surface area contributed by atoms with Crippen LogP contribution >= 0.6 is 0 Å². The second kappa shape index (κ2) is 7.63. The molecular formula is C21H30N4. The van der Waals surface area contributed by atoms with Gasteiger partial charge in [-0.05, 0) is 55.6 Å². The van der Waals surface area contributed by atoms with Crippen molar-refractivity contribution in [2.24, 2.45) is 0 Å². The Morgan fingerprint density at radius 2 is 1.76 bits per heavy atom. The average Bonchev–Trinajstić information content (AvgIpc) is 3.23. The van der Waals surface area contributed by atoms with Gasteiger partial charge in [0, 0.05) is 32.0 Å². The van der Waals surface area contributed by atoms with Crippen molar-refractivity contribution < 1.29 is 0 Å². The first-order valence-corrected chi connectivity index (χ1v) is 9.77. The van der Waals surface area contributed by atoms with E-state index >= 15 is 0 Å². The van der Waals surface area contributed by atoms with Gasteiger partial charge in [-0.3, -0.25) is 0 Å². The van der Waals surface area contributed by atoms with Crippen LogP contribution in [0.4, 0.5) is 5.69 Å². The van der Waals surface area contributed by atoms with Crippen molar-refractivity contribution in [1.29, 1.82) is 0 Å². The van der Waals surface area contributed by atoms with Crippen LogP contribution in [0, 0.1) is 0 Å². The molecule has 2 N–H and O–H groups in total. The van der Waals surface area contributed by atoms with E-state index in [9.17, 15) is 0 Å². The Labute approximate surface area is 151 Å². The lowest BCUT2D eigenvalue weighted by Crippen LogP contribution is -2.46. The van der Waals surface area contributed by atoms with Crippen LogP contribution in [-0.2, 0) is 0 Å². The van der Waals surface area contributed by atoms with E-state index in [1.165, 1.54) is 49.3 Å². The summed E-state index contributed by atoms with van der Waals surface area (Å²) in [6.45, 7) is 9.07. The van der Waals surface area contributed by atoms with E-state index in [4.69, 9.17) is 0 Å². The number of nitrogens with zero attached hydrogens (tertiary/aromatic N) is 2. The summed E-state index contributed by atoms with van der Waals surface area (Å²) in [7, 11) is 0. The van der Waals surface area contributed by atoms with E-state index in [1.807, 2.05) is 6.20 Å². The van der Waals surface area contributed by atoms with Crippen molar-refractivity contribution in [3.8, 4) is 0 Å². The van der Waals surface area contributed by atoms with Gasteiger partial charge in [0.2, 0.25) is 0 Å². The predicted octanol–water partition coefficient (Wildman–Crippen LogP) is 3.36. The molecule has 3 heterocycles. The van der Waals surface area contributed by atoms with Gasteiger partial charge < -0.3 is 20.1 Å². The third-order valence-corrected chi connectivity index (χ3v) is 5.98. The Balaban J connectivity index is 1.47. The van der Waals surface area contributed by atoms with Crippen molar-refractivity contribution in [1.82, 2.24) is 15.2 Å². The number of hydrogen-bond donors (Lipinski definition) is 2. The first-order chi connectivity index (χ1) is 12.3. The van der Waals surface area contributed by atoms with Gasteiger partial charge >= 0.3 is 0 Å². The van der Waals surface area contributed by atoms with Crippen molar-refractivity contribution in [3.63, 3.8) is 0 Å². The molecule has 2 saturated heterocycles. The topological polar surface area (TPSA) is 34.3 Å². The molecule has 25 heavy (non-hydrogen) atoms. The summed E-state index contributed by atoms with van der Waals surface area (Å²) in [5.74, 6) is 0.738. The van der Waals surface area contributed by atoms with E-state index in [1.54, 1.807) is 0 Å². The number of rotatable bonds is 4. The minimum absolute atomic E-state index is 0.417. The monoisotopic (exact) mass is 338 g/mol. The molecule has 0 amide bonds. The van der Waals surface area contributed by atoms with Crippen LogP contribution in [0.2, 0.25) is 0 Å². The lowest BCUT2D eigenvalue weighted by molar-refractivity contribution is 0.222. The van der Waals surface area contributed by atoms with Gasteiger partial charge in [0.1, 0.15) is 0 Å². The van der Waals surface area contributed by atoms with Crippen LogP contribution in [0.25, 0.3) is 0 Å². The number of aromatic nitrogens is 1. The molecule has 1 aromatic heterocycles. The van der Waals surface area contributed by atoms with Crippen LogP contribution in [0.15, 0.2) is 42.7 Å². The minimum Gasteiger partial charge on any atom is -0.366 e. The standard InChI is InChI=1S/C21H30N4/c1-2-24-12-8-18(9-13-24)17-3-5-19(6-4-17)21-16-23-11-14-25(21)20-7-10-22-15-20/h3-7,10,15,18,21-23H,2,8-9,11-14,16H2,1H3. The van der Waals surface area contributed by atoms with Crippen LogP contribution in [0.3, 0.4) is 0 Å². The van der Waals surface area contributed by atoms with Crippen molar-refractivity contribution in [2.45, 2.75) is 31.7 Å². The van der Waals surface area contributed by atoms with Gasteiger partial charge in [-0.25, -0.2) is 0 Å². The molecule has 4 nitrogen and oxygen atoms in total. The SMILES string of the molecule is CCN1CCC(c2ccc(C3CNCCN3c3cc[nH]c3)cc2)CC1. The zero-order chi connectivity index (χ0) is 17.1. The van der Waals surface area contributed by atoms with Crippen LogP contribution in [-0.4, -0.2) is 49.2 Å². The lowest BCUT2D eigenvalue weighted by atomic mass is 9.88. The molecule has 4 rings (SSSR count). The molecule has 2 aliphatic heterocycles. The fourth-order valence-electron chi connectivity index (χ4n) is 4.38. The van der Waals surface area contributed by atoms with Gasteiger partial charge in [0.25, 0.3) is 0 Å². The van der Waals surface area contributed by atoms with Gasteiger partial charge in [0.05, 0.1) is 11.7 Å². The number of H-pyrrole nitrogens is 1. The summed E-state index contributed by atoms with van der Waals surface area (Å²) in [4.78, 5) is 8.27. The Hall–Kier alpha value is -1.78. The Morgan fingerprint density at radius 3 is 2.44 bits per heavy atom. The number of likely N-dealkylation sites (tertiary alicyclic amines) is 1. The zero-order valence-electron chi connectivity index (χ0n) is 15.2. The first-order valence-electron chi connectivity index (χ1n) is 9.77. The Bertz CT molecular complexity index is 641. The van der Waals surface area contributed by atoms with Gasteiger partial charge in [-0.1, -0.05) is 31.2 Å². The highest BCUT2D eigenvalue weighted by Gasteiger charge is 2.25. The molecule has 2 aromatic rings. The molecule has 0 saturated carbocycles. The first kappa shape index (κ1) is 16.7. The molecule has 134 valence electrons. The summed E-state index contributed by atoms with van der Waals surface area (Å²) >= 11 is 0. The van der Waals surface area contributed by atoms with Crippen molar-refractivity contribution in [3.05, 3.63) is 53.9 Å². The second-order valence-corrected chi connectivity index (χ2v) is 7.36. The van der Waals surface area contributed by atoms with E-state index in [2.05, 4.69) is 63.6 Å². The Kier molecular flexibility index (Phi) is 5.09. The number of anilines is 1. The average molecular weight is 338 g/mol. The maximum absolute atomic E-state index is 3.56. The molecule has 4 heteroatoms. The van der Waals surface area contributed by atoms with E-state index in [0.717, 1.165) is 25.6 Å². The van der Waals surface area contributed by atoms with E-state index in [0.29, 0.717) is 6.04 Å². The van der Waals surface area contributed by atoms with Crippen LogP contribution in [0.1, 0.15) is 42.9 Å². The van der Waals surface area contributed by atoms with Gasteiger partial charge in [0.15, 0.2) is 0 Å². The summed E-state index contributed by atoms with van der Waals surface area (Å²) in [6, 6.07) is 12.1. The number of piperazine rings is 1. The molecule has 1 unspecified atom stereocenters. The smallest absolute Gasteiger partial charge is 0.0668 e. The lowest BCUT2D eigenvalue weighted by Gasteiger charge is -2.38. The molecule has 2 fully saturated rings. The summed E-state index contributed by atoms with van der Waals surface area (Å²) < 4.78 is 0. The summed E-state index contributed by atoms with van der Waals surface area (Å²) in [5, 5.41) is 3.56. The van der Waals surface area contributed by atoms with Gasteiger partial charge in [-0.2, -0.15) is 0 Å². The fourth-order valence-corrected chi connectivity index (χ4v) is 4.38. The number of aromatic amines is 1.